The Morgan fingerprint density at radius 1 is 1.39 bits per heavy atom. The molecule has 0 spiro atoms. The topological polar surface area (TPSA) is 71.3 Å². The summed E-state index contributed by atoms with van der Waals surface area (Å²) in [5.41, 5.74) is 3.85. The average Bonchev–Trinajstić information content (AvgIpc) is 2.75. The molecule has 126 valence electrons. The first-order chi connectivity index (χ1) is 10.5. The first kappa shape index (κ1) is 17.7. The van der Waals surface area contributed by atoms with Gasteiger partial charge in [-0.3, -0.25) is 4.79 Å². The van der Waals surface area contributed by atoms with E-state index in [0.717, 1.165) is 36.5 Å². The van der Waals surface area contributed by atoms with Crippen molar-refractivity contribution in [2.24, 2.45) is 0 Å². The van der Waals surface area contributed by atoms with Crippen molar-refractivity contribution < 1.29 is 4.79 Å². The van der Waals surface area contributed by atoms with Gasteiger partial charge in [0.2, 0.25) is 0 Å². The highest BCUT2D eigenvalue weighted by molar-refractivity contribution is 6.01. The summed E-state index contributed by atoms with van der Waals surface area (Å²) in [4.78, 5) is 17.2. The Morgan fingerprint density at radius 2 is 2.13 bits per heavy atom. The molecule has 2 N–H and O–H groups in total. The molecule has 2 unspecified atom stereocenters. The SMILES string of the molecule is Cc1cc(C)n2nc(C)c(C(=O)NC3CCNC(C)C3)c2n1.Cl. The van der Waals surface area contributed by atoms with E-state index in [4.69, 9.17) is 0 Å². The summed E-state index contributed by atoms with van der Waals surface area (Å²) in [5, 5.41) is 11.0. The Balaban J connectivity index is 0.00000192. The number of hydrogen-bond acceptors (Lipinski definition) is 4. The third kappa shape index (κ3) is 3.48. The molecule has 0 saturated carbocycles. The first-order valence-corrected chi connectivity index (χ1v) is 7.83. The van der Waals surface area contributed by atoms with Gasteiger partial charge in [-0.2, -0.15) is 5.10 Å². The van der Waals surface area contributed by atoms with Crippen LogP contribution in [0.25, 0.3) is 5.65 Å². The predicted molar refractivity (Wildman–Crippen MR) is 92.4 cm³/mol. The second kappa shape index (κ2) is 6.84. The van der Waals surface area contributed by atoms with Gasteiger partial charge in [-0.1, -0.05) is 0 Å². The van der Waals surface area contributed by atoms with Crippen LogP contribution in [-0.2, 0) is 0 Å². The van der Waals surface area contributed by atoms with Crippen LogP contribution in [0, 0.1) is 20.8 Å². The fraction of sp³-hybridized carbons (Fsp3) is 0.562. The Hall–Kier alpha value is -1.66. The number of nitrogens with zero attached hydrogens (tertiary/aromatic N) is 3. The lowest BCUT2D eigenvalue weighted by atomic mass is 10.0. The molecule has 6 nitrogen and oxygen atoms in total. The summed E-state index contributed by atoms with van der Waals surface area (Å²) in [5.74, 6) is -0.0656. The maximum Gasteiger partial charge on any atom is 0.257 e. The molecule has 0 bridgehead atoms. The van der Waals surface area contributed by atoms with E-state index >= 15 is 0 Å². The van der Waals surface area contributed by atoms with Crippen molar-refractivity contribution in [3.63, 3.8) is 0 Å². The van der Waals surface area contributed by atoms with Gasteiger partial charge in [0.25, 0.3) is 5.91 Å². The number of amides is 1. The quantitative estimate of drug-likeness (QED) is 0.878. The lowest BCUT2D eigenvalue weighted by molar-refractivity contribution is 0.0926. The van der Waals surface area contributed by atoms with Crippen LogP contribution in [0.3, 0.4) is 0 Å². The summed E-state index contributed by atoms with van der Waals surface area (Å²) >= 11 is 0. The number of halogens is 1. The molecule has 0 radical (unpaired) electrons. The van der Waals surface area contributed by atoms with Crippen LogP contribution < -0.4 is 10.6 Å². The van der Waals surface area contributed by atoms with Crippen molar-refractivity contribution in [3.8, 4) is 0 Å². The van der Waals surface area contributed by atoms with Crippen LogP contribution in [0.15, 0.2) is 6.07 Å². The van der Waals surface area contributed by atoms with Crippen LogP contribution in [0.4, 0.5) is 0 Å². The molecular formula is C16H24ClN5O. The van der Waals surface area contributed by atoms with E-state index in [1.54, 1.807) is 4.52 Å². The predicted octanol–water partition coefficient (Wildman–Crippen LogP) is 1.95. The number of aryl methyl sites for hydroxylation is 3. The minimum atomic E-state index is -0.0656. The van der Waals surface area contributed by atoms with Crippen LogP contribution in [0.1, 0.15) is 47.2 Å². The fourth-order valence-electron chi connectivity index (χ4n) is 3.21. The Bertz CT molecular complexity index is 727. The van der Waals surface area contributed by atoms with Crippen molar-refractivity contribution in [1.82, 2.24) is 25.2 Å². The van der Waals surface area contributed by atoms with Gasteiger partial charge in [-0.15, -0.1) is 12.4 Å². The number of aromatic nitrogens is 3. The van der Waals surface area contributed by atoms with Gasteiger partial charge in [0.05, 0.1) is 5.69 Å². The molecule has 1 fully saturated rings. The van der Waals surface area contributed by atoms with Gasteiger partial charge >= 0.3 is 0 Å². The molecule has 23 heavy (non-hydrogen) atoms. The number of hydrogen-bond donors (Lipinski definition) is 2. The van der Waals surface area contributed by atoms with Crippen molar-refractivity contribution in [3.05, 3.63) is 28.7 Å². The van der Waals surface area contributed by atoms with E-state index in [9.17, 15) is 4.79 Å². The third-order valence-corrected chi connectivity index (χ3v) is 4.26. The molecule has 3 heterocycles. The third-order valence-electron chi connectivity index (χ3n) is 4.26. The molecule has 1 amide bonds. The van der Waals surface area contributed by atoms with E-state index in [-0.39, 0.29) is 24.4 Å². The summed E-state index contributed by atoms with van der Waals surface area (Å²) in [6.07, 6.45) is 1.91. The van der Waals surface area contributed by atoms with E-state index < -0.39 is 0 Å². The van der Waals surface area contributed by atoms with Crippen LogP contribution >= 0.6 is 12.4 Å². The summed E-state index contributed by atoms with van der Waals surface area (Å²) < 4.78 is 1.75. The maximum absolute atomic E-state index is 12.7. The maximum atomic E-state index is 12.7. The number of nitrogens with one attached hydrogen (secondary N) is 2. The minimum absolute atomic E-state index is 0. The van der Waals surface area contributed by atoms with Gasteiger partial charge in [-0.25, -0.2) is 9.50 Å². The van der Waals surface area contributed by atoms with Gasteiger partial charge < -0.3 is 10.6 Å². The van der Waals surface area contributed by atoms with Gasteiger partial charge in [0, 0.05) is 23.5 Å². The number of piperidine rings is 1. The minimum Gasteiger partial charge on any atom is -0.349 e. The smallest absolute Gasteiger partial charge is 0.257 e. The number of rotatable bonds is 2. The molecule has 1 aliphatic rings. The largest absolute Gasteiger partial charge is 0.349 e. The Labute approximate surface area is 142 Å². The zero-order chi connectivity index (χ0) is 15.9. The van der Waals surface area contributed by atoms with Crippen molar-refractivity contribution in [2.75, 3.05) is 6.54 Å². The fourth-order valence-corrected chi connectivity index (χ4v) is 3.21. The number of carbonyl (C=O) groups excluding carboxylic acids is 1. The monoisotopic (exact) mass is 337 g/mol. The highest BCUT2D eigenvalue weighted by Gasteiger charge is 2.24. The van der Waals surface area contributed by atoms with Crippen LogP contribution in [0.2, 0.25) is 0 Å². The Morgan fingerprint density at radius 3 is 2.83 bits per heavy atom. The summed E-state index contributed by atoms with van der Waals surface area (Å²) in [6, 6.07) is 2.62. The normalized spacial score (nSPS) is 21.0. The lowest BCUT2D eigenvalue weighted by Gasteiger charge is -2.28. The molecule has 3 rings (SSSR count). The number of carbonyl (C=O) groups is 1. The van der Waals surface area contributed by atoms with Gasteiger partial charge in [0.15, 0.2) is 5.65 Å². The van der Waals surface area contributed by atoms with Crippen LogP contribution in [0.5, 0.6) is 0 Å². The van der Waals surface area contributed by atoms with E-state index in [1.165, 1.54) is 0 Å². The molecule has 0 aromatic carbocycles. The molecule has 1 aliphatic heterocycles. The second-order valence-corrected chi connectivity index (χ2v) is 6.28. The van der Waals surface area contributed by atoms with Crippen molar-refractivity contribution in [2.45, 2.75) is 52.6 Å². The highest BCUT2D eigenvalue weighted by atomic mass is 35.5. The molecule has 0 aliphatic carbocycles. The van der Waals surface area contributed by atoms with Gasteiger partial charge in [0.1, 0.15) is 5.56 Å². The van der Waals surface area contributed by atoms with Gasteiger partial charge in [-0.05, 0) is 53.1 Å². The number of fused-ring (bicyclic) bond motifs is 1. The zero-order valence-corrected chi connectivity index (χ0v) is 14.8. The summed E-state index contributed by atoms with van der Waals surface area (Å²) in [6.45, 7) is 8.86. The molecule has 1 saturated heterocycles. The van der Waals surface area contributed by atoms with Crippen molar-refractivity contribution >= 4 is 24.0 Å². The van der Waals surface area contributed by atoms with E-state index in [0.29, 0.717) is 17.3 Å². The molecule has 2 atom stereocenters. The lowest BCUT2D eigenvalue weighted by Crippen LogP contribution is -2.46. The highest BCUT2D eigenvalue weighted by Crippen LogP contribution is 2.17. The van der Waals surface area contributed by atoms with Crippen LogP contribution in [-0.4, -0.2) is 39.1 Å². The first-order valence-electron chi connectivity index (χ1n) is 7.83. The molecule has 2 aromatic rings. The summed E-state index contributed by atoms with van der Waals surface area (Å²) in [7, 11) is 0. The molecule has 2 aromatic heterocycles. The second-order valence-electron chi connectivity index (χ2n) is 6.28. The molecule has 7 heteroatoms. The van der Waals surface area contributed by atoms with E-state index in [1.807, 2.05) is 26.8 Å². The standard InChI is InChI=1S/C16H23N5O.ClH/c1-9-8-13(5-6-17-9)19-16(22)14-12(4)20-21-11(3)7-10(2)18-15(14)21;/h7,9,13,17H,5-6,8H2,1-4H3,(H,19,22);1H. The molecular weight excluding hydrogens is 314 g/mol. The van der Waals surface area contributed by atoms with Crippen molar-refractivity contribution in [1.29, 1.82) is 0 Å². The van der Waals surface area contributed by atoms with E-state index in [2.05, 4.69) is 27.6 Å². The zero-order valence-electron chi connectivity index (χ0n) is 14.0. The Kier molecular flexibility index (Phi) is 5.26. The average molecular weight is 338 g/mol.